The van der Waals surface area contributed by atoms with Gasteiger partial charge in [-0.15, -0.1) is 0 Å². The van der Waals surface area contributed by atoms with Crippen molar-refractivity contribution < 1.29 is 49.8 Å². The van der Waals surface area contributed by atoms with E-state index in [-0.39, 0.29) is 105 Å². The maximum atomic E-state index is 12.6. The third kappa shape index (κ3) is 13.3. The minimum atomic E-state index is -1.72. The Morgan fingerprint density at radius 3 is 0.780 bits per heavy atom. The van der Waals surface area contributed by atoms with Crippen LogP contribution in [0.1, 0.15) is 357 Å². The molecule has 0 saturated carbocycles. The van der Waals surface area contributed by atoms with Gasteiger partial charge in [0.1, 0.15) is 34.5 Å². The van der Waals surface area contributed by atoms with E-state index in [2.05, 4.69) is 149 Å². The van der Waals surface area contributed by atoms with Crippen molar-refractivity contribution in [1.29, 1.82) is 0 Å². The summed E-state index contributed by atoms with van der Waals surface area (Å²) in [6.07, 6.45) is 7.77. The molecule has 100 heavy (non-hydrogen) atoms. The Balaban J connectivity index is 0.000000228. The highest BCUT2D eigenvalue weighted by atomic mass is 35.8. The summed E-state index contributed by atoms with van der Waals surface area (Å²) < 4.78 is 0. The second-order valence-corrected chi connectivity index (χ2v) is 43.7. The van der Waals surface area contributed by atoms with E-state index in [0.29, 0.717) is 72.0 Å². The number of aldehydes is 4. The Hall–Kier alpha value is -5.80. The van der Waals surface area contributed by atoms with E-state index in [1.165, 1.54) is 22.3 Å². The average molecular weight is 1440 g/mol. The lowest BCUT2D eigenvalue weighted by Gasteiger charge is -2.33. The van der Waals surface area contributed by atoms with Crippen LogP contribution in [0.25, 0.3) is 0 Å². The van der Waals surface area contributed by atoms with Crippen LogP contribution in [0.3, 0.4) is 0 Å². The molecule has 6 aliphatic carbocycles. The van der Waals surface area contributed by atoms with Crippen LogP contribution in [0.15, 0.2) is 60.7 Å². The third-order valence-corrected chi connectivity index (χ3v) is 22.9. The molecule has 0 atom stereocenters. The van der Waals surface area contributed by atoms with E-state index in [9.17, 15) is 49.8 Å². The lowest BCUT2D eigenvalue weighted by atomic mass is 9.69. The molecular formula is C86H116AlCl3O10. The van der Waals surface area contributed by atoms with Crippen LogP contribution in [0.2, 0.25) is 0 Å². The molecule has 0 bridgehead atoms. The maximum absolute atomic E-state index is 12.6. The summed E-state index contributed by atoms with van der Waals surface area (Å²) in [5.74, 6) is 0.755. The van der Waals surface area contributed by atoms with E-state index in [4.69, 9.17) is 30.1 Å². The zero-order valence-corrected chi connectivity index (χ0v) is 65.3. The molecule has 3 spiro atoms. The minimum Gasteiger partial charge on any atom is -0.508 e. The number of carbonyl (C=O) groups is 4. The molecule has 0 heterocycles. The third-order valence-electron chi connectivity index (χ3n) is 22.9. The molecule has 12 rings (SSSR count). The second-order valence-electron chi connectivity index (χ2n) is 37.2. The fourth-order valence-electron chi connectivity index (χ4n) is 19.5. The standard InChI is InChI=1S/C31H40O4.C29H40O2.C23H24O4.3CH4.Al.3ClH/c1-27(2,3)21-11-19-23(17(13-32)25(21)34)31(15-29(19,7)8)16-30(9,10)20-12-22(28(4,5)6)26(35)18(14-33)24(20)31;1-25(2,3)21-11-17-19(13-23(21)30)29(15-27(17,7)8)16-28(9,10)18-12-22(26(4,5)6)24(31)14-20(18)29;1-21(2)11-23(19-13(9-24)17(26)7-5-15(19)21)12-22(3,4)16-6-8-18(27)14(10-25)20(16)23;;;;;;;/h11-14,34-35H,15-16H2,1-10H3;11-14,30-31H,15-16H2,1-10H3;5-10,26-27H,11-12H2,1-4H3;3*1H4;;3*1H/q;;;;;;+3;;;/p-3. The molecule has 6 aliphatic rings. The van der Waals surface area contributed by atoms with Gasteiger partial charge >= 0.3 is 11.4 Å². The Bertz CT molecular complexity index is 3990. The van der Waals surface area contributed by atoms with Crippen molar-refractivity contribution in [2.24, 2.45) is 0 Å². The van der Waals surface area contributed by atoms with Crippen molar-refractivity contribution in [1.82, 2.24) is 0 Å². The summed E-state index contributed by atoms with van der Waals surface area (Å²) in [7, 11) is 14.8. The van der Waals surface area contributed by atoms with Crippen molar-refractivity contribution in [2.45, 2.75) is 297 Å². The van der Waals surface area contributed by atoms with Crippen LogP contribution < -0.4 is 0 Å². The summed E-state index contributed by atoms with van der Waals surface area (Å²) in [5, 5.41) is 65.6. The van der Waals surface area contributed by atoms with Crippen LogP contribution in [0.4, 0.5) is 0 Å². The van der Waals surface area contributed by atoms with Crippen molar-refractivity contribution in [2.75, 3.05) is 0 Å². The van der Waals surface area contributed by atoms with Gasteiger partial charge in [-0.3, -0.25) is 19.2 Å². The quantitative estimate of drug-likeness (QED) is 0.0732. The molecule has 10 nitrogen and oxygen atoms in total. The first kappa shape index (κ1) is 83.2. The van der Waals surface area contributed by atoms with E-state index in [0.717, 1.165) is 92.2 Å². The van der Waals surface area contributed by atoms with Gasteiger partial charge in [0.25, 0.3) is 0 Å². The summed E-state index contributed by atoms with van der Waals surface area (Å²) in [4.78, 5) is 49.1. The van der Waals surface area contributed by atoms with Crippen LogP contribution in [-0.2, 0) is 70.4 Å². The van der Waals surface area contributed by atoms with Crippen LogP contribution in [0, 0.1) is 0 Å². The first-order valence-corrected chi connectivity index (χ1v) is 39.4. The summed E-state index contributed by atoms with van der Waals surface area (Å²) in [5.41, 5.74) is 13.9. The zero-order chi connectivity index (χ0) is 73.2. The molecule has 544 valence electrons. The summed E-state index contributed by atoms with van der Waals surface area (Å²) >= 11 is -1.72. The predicted molar refractivity (Wildman–Crippen MR) is 417 cm³/mol. The normalized spacial score (nSPS) is 19.0. The number of benzene rings is 6. The van der Waals surface area contributed by atoms with Crippen molar-refractivity contribution >= 4 is 66.7 Å². The number of fused-ring (bicyclic) bond motifs is 12. The number of hydrogen-bond acceptors (Lipinski definition) is 10. The SMILES string of the molecule is C.C.C.CC(C)(C)c1cc2c(c(C=O)c1O)C1(CC2(C)C)CC(C)(C)c2cc(C(C)(C)C)c(O)c(C=O)c21.CC(C)(C)c1cc2c(cc1O)C1(CC2(C)C)CC(C)(C)c2cc(C(C)(C)C)c(O)cc21.CC1(C)CC2(CC(C)(C)c3ccc(O)c(C=O)c32)c2c1ccc(O)c2C=O.[Cl][Al]([Cl])[Cl]. The van der Waals surface area contributed by atoms with E-state index in [1.54, 1.807) is 12.1 Å². The molecule has 0 aromatic heterocycles. The molecule has 0 fully saturated rings. The van der Waals surface area contributed by atoms with Gasteiger partial charge in [0, 0.05) is 27.4 Å². The smallest absolute Gasteiger partial charge is 0.508 e. The highest BCUT2D eigenvalue weighted by Gasteiger charge is 2.62. The lowest BCUT2D eigenvalue weighted by molar-refractivity contribution is 0.110. The van der Waals surface area contributed by atoms with Gasteiger partial charge in [-0.2, -0.15) is 0 Å². The van der Waals surface area contributed by atoms with E-state index in [1.807, 2.05) is 65.8 Å². The number of phenolic OH excluding ortho intramolecular Hbond substituents is 6. The lowest BCUT2D eigenvalue weighted by Crippen LogP contribution is -2.29. The van der Waals surface area contributed by atoms with Gasteiger partial charge in [0.15, 0.2) is 25.1 Å². The molecule has 14 heteroatoms. The first-order valence-electron chi connectivity index (χ1n) is 34.1. The highest BCUT2D eigenvalue weighted by Crippen LogP contribution is 2.69. The Kier molecular flexibility index (Phi) is 22.0. The van der Waals surface area contributed by atoms with Crippen molar-refractivity contribution in [3.05, 3.63) is 172 Å². The van der Waals surface area contributed by atoms with Gasteiger partial charge in [0.2, 0.25) is 0 Å². The molecule has 6 N–H and O–H groups in total. The zero-order valence-electron chi connectivity index (χ0n) is 61.9. The summed E-state index contributed by atoms with van der Waals surface area (Å²) in [6, 6.07) is 19.7. The van der Waals surface area contributed by atoms with Crippen LogP contribution in [0.5, 0.6) is 34.5 Å². The molecule has 0 saturated heterocycles. The number of aromatic hydroxyl groups is 6. The Morgan fingerprint density at radius 1 is 0.310 bits per heavy atom. The highest BCUT2D eigenvalue weighted by molar-refractivity contribution is 7.54. The monoisotopic (exact) mass is 1440 g/mol. The van der Waals surface area contributed by atoms with E-state index >= 15 is 0 Å². The predicted octanol–water partition coefficient (Wildman–Crippen LogP) is 22.3. The fourth-order valence-corrected chi connectivity index (χ4v) is 19.5. The van der Waals surface area contributed by atoms with Crippen molar-refractivity contribution in [3.8, 4) is 34.5 Å². The number of phenols is 6. The van der Waals surface area contributed by atoms with Gasteiger partial charge < -0.3 is 30.6 Å². The molecule has 0 unspecified atom stereocenters. The van der Waals surface area contributed by atoms with Gasteiger partial charge in [0.05, 0.1) is 22.3 Å². The molecule has 0 radical (unpaired) electrons. The number of carbonyl (C=O) groups excluding carboxylic acids is 4. The second kappa shape index (κ2) is 26.4. The van der Waals surface area contributed by atoms with E-state index < -0.39 is 22.2 Å². The largest absolute Gasteiger partial charge is 0.643 e. The van der Waals surface area contributed by atoms with Gasteiger partial charge in [-0.05, 0) is 195 Å². The first-order chi connectivity index (χ1) is 44.1. The molecule has 6 aromatic rings. The summed E-state index contributed by atoms with van der Waals surface area (Å²) in [6.45, 7) is 51.7. The van der Waals surface area contributed by atoms with Crippen LogP contribution in [-0.4, -0.2) is 67.2 Å². The maximum Gasteiger partial charge on any atom is 0.643 e. The Labute approximate surface area is 616 Å². The number of halogens is 3. The molecular weight excluding hydrogens is 1330 g/mol. The molecule has 0 aliphatic heterocycles. The minimum absolute atomic E-state index is 0. The molecule has 0 amide bonds. The number of hydrogen-bond donors (Lipinski definition) is 6. The topological polar surface area (TPSA) is 190 Å². The van der Waals surface area contributed by atoms with Gasteiger partial charge in [-0.1, -0.05) is 225 Å². The van der Waals surface area contributed by atoms with Crippen LogP contribution >= 0.6 is 30.1 Å². The average Bonchev–Trinajstić information content (AvgIpc) is 1.52. The molecule has 6 aromatic carbocycles. The van der Waals surface area contributed by atoms with Gasteiger partial charge in [-0.25, -0.2) is 30.1 Å². The van der Waals surface area contributed by atoms with Crippen molar-refractivity contribution in [3.63, 3.8) is 0 Å². The number of rotatable bonds is 4. The fraction of sp³-hybridized carbons (Fsp3) is 0.535. The Morgan fingerprint density at radius 2 is 0.530 bits per heavy atom.